The van der Waals surface area contributed by atoms with Crippen LogP contribution in [-0.2, 0) is 16.1 Å². The molecule has 0 aliphatic carbocycles. The number of hydrogen-bond donors (Lipinski definition) is 1. The highest BCUT2D eigenvalue weighted by atomic mass is 16.6. The first kappa shape index (κ1) is 23.1. The zero-order valence-corrected chi connectivity index (χ0v) is 18.1. The van der Waals surface area contributed by atoms with Crippen molar-refractivity contribution >= 4 is 12.1 Å². The van der Waals surface area contributed by atoms with Crippen molar-refractivity contribution in [1.29, 1.82) is 0 Å². The molecule has 0 saturated heterocycles. The van der Waals surface area contributed by atoms with Gasteiger partial charge in [0.15, 0.2) is 0 Å². The summed E-state index contributed by atoms with van der Waals surface area (Å²) in [7, 11) is 1.30. The van der Waals surface area contributed by atoms with E-state index in [-0.39, 0.29) is 18.2 Å². The van der Waals surface area contributed by atoms with Gasteiger partial charge in [-0.3, -0.25) is 0 Å². The van der Waals surface area contributed by atoms with Crippen LogP contribution in [0.25, 0.3) is 0 Å². The first-order chi connectivity index (χ1) is 14.2. The van der Waals surface area contributed by atoms with Crippen molar-refractivity contribution in [2.75, 3.05) is 13.7 Å². The van der Waals surface area contributed by atoms with Crippen molar-refractivity contribution in [2.24, 2.45) is 0 Å². The molecule has 0 aromatic heterocycles. The van der Waals surface area contributed by atoms with E-state index in [0.29, 0.717) is 18.1 Å². The number of carbonyl (C=O) groups excluding carboxylic acids is 2. The molecule has 2 aromatic carbocycles. The Bertz CT molecular complexity index is 845. The molecule has 1 amide bonds. The second-order valence-corrected chi connectivity index (χ2v) is 7.75. The Kier molecular flexibility index (Phi) is 8.09. The van der Waals surface area contributed by atoms with Crippen LogP contribution < -0.4 is 14.8 Å². The fourth-order valence-electron chi connectivity index (χ4n) is 2.56. The first-order valence-electron chi connectivity index (χ1n) is 9.70. The number of methoxy groups -OCH3 is 1. The van der Waals surface area contributed by atoms with Gasteiger partial charge in [-0.05, 0) is 45.4 Å². The number of nitrogens with one attached hydrogen (secondary N) is 1. The second kappa shape index (κ2) is 10.5. The molecule has 0 heterocycles. The van der Waals surface area contributed by atoms with Crippen molar-refractivity contribution in [3.05, 3.63) is 59.7 Å². The molecule has 2 rings (SSSR count). The van der Waals surface area contributed by atoms with E-state index in [9.17, 15) is 9.59 Å². The number of esters is 1. The minimum atomic E-state index is -0.590. The Balaban J connectivity index is 2.07. The van der Waals surface area contributed by atoms with E-state index in [1.807, 2.05) is 30.3 Å². The second-order valence-electron chi connectivity index (χ2n) is 7.75. The third kappa shape index (κ3) is 7.31. The SMILES string of the molecule is COC(=O)c1c(OCc2ccccc2)cccc1OCC(C)NC(=O)OC(C)(C)C. The van der Waals surface area contributed by atoms with Crippen LogP contribution in [0, 0.1) is 0 Å². The predicted octanol–water partition coefficient (Wildman–Crippen LogP) is 4.34. The van der Waals surface area contributed by atoms with Crippen molar-refractivity contribution in [3.8, 4) is 11.5 Å². The highest BCUT2D eigenvalue weighted by Crippen LogP contribution is 2.30. The number of rotatable bonds is 8. The van der Waals surface area contributed by atoms with E-state index >= 15 is 0 Å². The summed E-state index contributed by atoms with van der Waals surface area (Å²) in [6.07, 6.45) is -0.535. The lowest BCUT2D eigenvalue weighted by molar-refractivity contribution is 0.0489. The summed E-state index contributed by atoms with van der Waals surface area (Å²) in [4.78, 5) is 24.3. The average molecular weight is 415 g/mol. The van der Waals surface area contributed by atoms with Gasteiger partial charge in [0.2, 0.25) is 0 Å². The van der Waals surface area contributed by atoms with E-state index in [4.69, 9.17) is 18.9 Å². The summed E-state index contributed by atoms with van der Waals surface area (Å²) in [5.74, 6) is 0.0997. The zero-order valence-electron chi connectivity index (χ0n) is 18.1. The van der Waals surface area contributed by atoms with Gasteiger partial charge in [0.1, 0.15) is 35.9 Å². The molecule has 1 atom stereocenters. The maximum atomic E-state index is 12.4. The van der Waals surface area contributed by atoms with Gasteiger partial charge < -0.3 is 24.3 Å². The lowest BCUT2D eigenvalue weighted by atomic mass is 10.1. The van der Waals surface area contributed by atoms with E-state index < -0.39 is 17.7 Å². The van der Waals surface area contributed by atoms with Crippen molar-refractivity contribution in [1.82, 2.24) is 5.32 Å². The lowest BCUT2D eigenvalue weighted by Crippen LogP contribution is -2.40. The maximum Gasteiger partial charge on any atom is 0.407 e. The largest absolute Gasteiger partial charge is 0.490 e. The molecular weight excluding hydrogens is 386 g/mol. The van der Waals surface area contributed by atoms with Crippen LogP contribution in [0.2, 0.25) is 0 Å². The van der Waals surface area contributed by atoms with Gasteiger partial charge in [0.25, 0.3) is 0 Å². The molecule has 0 aliphatic rings. The topological polar surface area (TPSA) is 83.1 Å². The monoisotopic (exact) mass is 415 g/mol. The Morgan fingerprint density at radius 1 is 0.967 bits per heavy atom. The molecule has 162 valence electrons. The highest BCUT2D eigenvalue weighted by molar-refractivity contribution is 5.95. The summed E-state index contributed by atoms with van der Waals surface area (Å²) in [5, 5.41) is 2.70. The lowest BCUT2D eigenvalue weighted by Gasteiger charge is -2.22. The number of amides is 1. The highest BCUT2D eigenvalue weighted by Gasteiger charge is 2.22. The molecule has 1 N–H and O–H groups in total. The van der Waals surface area contributed by atoms with Gasteiger partial charge in [-0.2, -0.15) is 0 Å². The molecule has 0 aliphatic heterocycles. The summed E-state index contributed by atoms with van der Waals surface area (Å²) < 4.78 is 21.8. The summed E-state index contributed by atoms with van der Waals surface area (Å²) in [6.45, 7) is 7.57. The van der Waals surface area contributed by atoms with Crippen LogP contribution in [0.15, 0.2) is 48.5 Å². The normalized spacial score (nSPS) is 11.9. The van der Waals surface area contributed by atoms with Gasteiger partial charge in [-0.15, -0.1) is 0 Å². The third-order valence-corrected chi connectivity index (χ3v) is 3.87. The standard InChI is InChI=1S/C23H29NO6/c1-16(24-22(26)30-23(2,3)4)14-28-18-12-9-13-19(20(18)21(25)27-5)29-15-17-10-7-6-8-11-17/h6-13,16H,14-15H2,1-5H3,(H,24,26). The molecule has 2 aromatic rings. The van der Waals surface area contributed by atoms with Crippen molar-refractivity contribution in [2.45, 2.75) is 45.9 Å². The van der Waals surface area contributed by atoms with Crippen LogP contribution in [0.5, 0.6) is 11.5 Å². The van der Waals surface area contributed by atoms with E-state index in [2.05, 4.69) is 5.32 Å². The van der Waals surface area contributed by atoms with Crippen LogP contribution in [0.3, 0.4) is 0 Å². The Morgan fingerprint density at radius 2 is 1.60 bits per heavy atom. The fraction of sp³-hybridized carbons (Fsp3) is 0.391. The summed E-state index contributed by atoms with van der Waals surface area (Å²) >= 11 is 0. The molecule has 0 fully saturated rings. The molecular formula is C23H29NO6. The molecule has 0 spiro atoms. The van der Waals surface area contributed by atoms with Gasteiger partial charge in [-0.1, -0.05) is 36.4 Å². The molecule has 1 unspecified atom stereocenters. The van der Waals surface area contributed by atoms with Gasteiger partial charge >= 0.3 is 12.1 Å². The van der Waals surface area contributed by atoms with Gasteiger partial charge in [-0.25, -0.2) is 9.59 Å². The number of ether oxygens (including phenoxy) is 4. The van der Waals surface area contributed by atoms with Crippen LogP contribution in [-0.4, -0.2) is 37.4 Å². The van der Waals surface area contributed by atoms with Gasteiger partial charge in [0.05, 0.1) is 13.2 Å². The van der Waals surface area contributed by atoms with Crippen molar-refractivity contribution in [3.63, 3.8) is 0 Å². The molecule has 7 nitrogen and oxygen atoms in total. The van der Waals surface area contributed by atoms with Crippen LogP contribution in [0.4, 0.5) is 4.79 Å². The number of benzene rings is 2. The van der Waals surface area contributed by atoms with Gasteiger partial charge in [0, 0.05) is 0 Å². The average Bonchev–Trinajstić information content (AvgIpc) is 2.69. The quantitative estimate of drug-likeness (QED) is 0.646. The van der Waals surface area contributed by atoms with E-state index in [1.165, 1.54) is 7.11 Å². The first-order valence-corrected chi connectivity index (χ1v) is 9.70. The molecule has 0 saturated carbocycles. The summed E-state index contributed by atoms with van der Waals surface area (Å²) in [5.41, 5.74) is 0.572. The summed E-state index contributed by atoms with van der Waals surface area (Å²) in [6, 6.07) is 14.3. The van der Waals surface area contributed by atoms with Crippen LogP contribution in [0.1, 0.15) is 43.6 Å². The predicted molar refractivity (Wildman–Crippen MR) is 113 cm³/mol. The molecule has 7 heteroatoms. The zero-order chi connectivity index (χ0) is 22.1. The molecule has 30 heavy (non-hydrogen) atoms. The molecule has 0 radical (unpaired) electrons. The minimum Gasteiger partial charge on any atom is -0.490 e. The number of hydrogen-bond acceptors (Lipinski definition) is 6. The third-order valence-electron chi connectivity index (χ3n) is 3.87. The number of carbonyl (C=O) groups is 2. The number of alkyl carbamates (subject to hydrolysis) is 1. The van der Waals surface area contributed by atoms with E-state index in [1.54, 1.807) is 45.9 Å². The fourth-order valence-corrected chi connectivity index (χ4v) is 2.56. The Labute approximate surface area is 177 Å². The smallest absolute Gasteiger partial charge is 0.407 e. The van der Waals surface area contributed by atoms with E-state index in [0.717, 1.165) is 5.56 Å². The Hall–Kier alpha value is -3.22. The van der Waals surface area contributed by atoms with Crippen molar-refractivity contribution < 1.29 is 28.5 Å². The Morgan fingerprint density at radius 3 is 2.20 bits per heavy atom. The maximum absolute atomic E-state index is 12.4. The minimum absolute atomic E-state index is 0.130. The molecule has 0 bridgehead atoms. The van der Waals surface area contributed by atoms with Crippen LogP contribution >= 0.6 is 0 Å².